The number of aromatic amines is 1. The van der Waals surface area contributed by atoms with Crippen LogP contribution >= 0.6 is 15.9 Å². The third kappa shape index (κ3) is 2.51. The van der Waals surface area contributed by atoms with Gasteiger partial charge >= 0.3 is 0 Å². The van der Waals surface area contributed by atoms with Crippen molar-refractivity contribution in [1.29, 1.82) is 0 Å². The lowest BCUT2D eigenvalue weighted by Gasteiger charge is -1.97. The van der Waals surface area contributed by atoms with Gasteiger partial charge in [-0.1, -0.05) is 28.1 Å². The second kappa shape index (κ2) is 4.74. The van der Waals surface area contributed by atoms with Crippen LogP contribution < -0.4 is 0 Å². The third-order valence-corrected chi connectivity index (χ3v) is 3.37. The molecule has 0 fully saturated rings. The Morgan fingerprint density at radius 2 is 1.84 bits per heavy atom. The minimum atomic E-state index is -0.645. The van der Waals surface area contributed by atoms with Gasteiger partial charge in [-0.15, -0.1) is 0 Å². The quantitative estimate of drug-likeness (QED) is 0.752. The molecule has 2 nitrogen and oxygen atoms in total. The van der Waals surface area contributed by atoms with Crippen LogP contribution in [0.3, 0.4) is 0 Å². The molecule has 0 amide bonds. The highest BCUT2D eigenvalue weighted by molar-refractivity contribution is 9.10. The minimum absolute atomic E-state index is 0.175. The molecule has 0 saturated heterocycles. The maximum absolute atomic E-state index is 13.5. The predicted octanol–water partition coefficient (Wildman–Crippen LogP) is 4.19. The zero-order valence-electron chi connectivity index (χ0n) is 9.75. The number of hydrogen-bond donors (Lipinski definition) is 1. The van der Waals surface area contributed by atoms with E-state index < -0.39 is 11.6 Å². The standard InChI is InChI=1S/C14H9BrF2N2/c15-9-3-1-8(2-4-9)5-13-18-12-7-10(16)6-11(17)14(12)19-13/h1-4,6-7H,5H2,(H,18,19). The summed E-state index contributed by atoms with van der Waals surface area (Å²) in [6, 6.07) is 9.85. The number of H-pyrrole nitrogens is 1. The molecule has 0 aliphatic heterocycles. The largest absolute Gasteiger partial charge is 0.342 e. The second-order valence-corrected chi connectivity index (χ2v) is 5.19. The number of benzene rings is 2. The van der Waals surface area contributed by atoms with Crippen molar-refractivity contribution in [3.8, 4) is 0 Å². The summed E-state index contributed by atoms with van der Waals surface area (Å²) in [5.41, 5.74) is 1.60. The van der Waals surface area contributed by atoms with E-state index in [1.807, 2.05) is 24.3 Å². The normalized spacial score (nSPS) is 11.1. The van der Waals surface area contributed by atoms with Crippen molar-refractivity contribution < 1.29 is 8.78 Å². The van der Waals surface area contributed by atoms with E-state index in [-0.39, 0.29) is 5.52 Å². The Balaban J connectivity index is 1.97. The van der Waals surface area contributed by atoms with Gasteiger partial charge in [0, 0.05) is 17.0 Å². The molecule has 1 aromatic heterocycles. The summed E-state index contributed by atoms with van der Waals surface area (Å²) in [4.78, 5) is 7.10. The topological polar surface area (TPSA) is 28.7 Å². The maximum Gasteiger partial charge on any atom is 0.153 e. The first-order chi connectivity index (χ1) is 9.11. The summed E-state index contributed by atoms with van der Waals surface area (Å²) in [6.45, 7) is 0. The van der Waals surface area contributed by atoms with Crippen LogP contribution in [-0.2, 0) is 6.42 Å². The lowest BCUT2D eigenvalue weighted by Crippen LogP contribution is -1.90. The van der Waals surface area contributed by atoms with Crippen LogP contribution in [0.25, 0.3) is 11.0 Å². The Bertz CT molecular complexity index is 735. The van der Waals surface area contributed by atoms with Crippen molar-refractivity contribution in [2.24, 2.45) is 0 Å². The molecule has 3 rings (SSSR count). The highest BCUT2D eigenvalue weighted by atomic mass is 79.9. The lowest BCUT2D eigenvalue weighted by atomic mass is 10.1. The van der Waals surface area contributed by atoms with Gasteiger partial charge in [0.25, 0.3) is 0 Å². The van der Waals surface area contributed by atoms with E-state index in [1.54, 1.807) is 0 Å². The molecule has 19 heavy (non-hydrogen) atoms. The van der Waals surface area contributed by atoms with Crippen molar-refractivity contribution in [3.63, 3.8) is 0 Å². The minimum Gasteiger partial charge on any atom is -0.342 e. The van der Waals surface area contributed by atoms with Gasteiger partial charge in [-0.05, 0) is 23.8 Å². The Kier molecular flexibility index (Phi) is 3.06. The Labute approximate surface area is 116 Å². The fourth-order valence-corrected chi connectivity index (χ4v) is 2.24. The van der Waals surface area contributed by atoms with Crippen molar-refractivity contribution >= 4 is 27.0 Å². The van der Waals surface area contributed by atoms with Crippen LogP contribution in [0.15, 0.2) is 40.9 Å². The van der Waals surface area contributed by atoms with E-state index in [2.05, 4.69) is 25.9 Å². The average Bonchev–Trinajstić information content (AvgIpc) is 2.75. The third-order valence-electron chi connectivity index (χ3n) is 2.84. The zero-order chi connectivity index (χ0) is 13.4. The molecule has 0 radical (unpaired) electrons. The number of nitrogens with one attached hydrogen (secondary N) is 1. The summed E-state index contributed by atoms with van der Waals surface area (Å²) in [7, 11) is 0. The van der Waals surface area contributed by atoms with Gasteiger partial charge in [0.1, 0.15) is 17.2 Å². The summed E-state index contributed by atoms with van der Waals surface area (Å²) < 4.78 is 27.6. The molecule has 5 heteroatoms. The summed E-state index contributed by atoms with van der Waals surface area (Å²) in [5, 5.41) is 0. The number of hydrogen-bond acceptors (Lipinski definition) is 1. The smallest absolute Gasteiger partial charge is 0.153 e. The molecule has 0 aliphatic carbocycles. The number of imidazole rings is 1. The van der Waals surface area contributed by atoms with Crippen LogP contribution in [0.4, 0.5) is 8.78 Å². The first-order valence-electron chi connectivity index (χ1n) is 5.70. The molecule has 0 saturated carbocycles. The molecule has 2 aromatic carbocycles. The molecule has 1 N–H and O–H groups in total. The van der Waals surface area contributed by atoms with Crippen molar-refractivity contribution in [2.75, 3.05) is 0 Å². The molecule has 0 atom stereocenters. The van der Waals surface area contributed by atoms with E-state index in [4.69, 9.17) is 0 Å². The highest BCUT2D eigenvalue weighted by Crippen LogP contribution is 2.19. The summed E-state index contributed by atoms with van der Waals surface area (Å²) in [6.07, 6.45) is 0.545. The Morgan fingerprint density at radius 1 is 1.11 bits per heavy atom. The number of fused-ring (bicyclic) bond motifs is 1. The van der Waals surface area contributed by atoms with E-state index in [0.717, 1.165) is 16.1 Å². The van der Waals surface area contributed by atoms with E-state index in [0.29, 0.717) is 17.8 Å². The van der Waals surface area contributed by atoms with Crippen LogP contribution in [0.5, 0.6) is 0 Å². The first-order valence-corrected chi connectivity index (χ1v) is 6.49. The molecule has 0 bridgehead atoms. The van der Waals surface area contributed by atoms with Crippen molar-refractivity contribution in [3.05, 3.63) is 63.9 Å². The molecule has 0 unspecified atom stereocenters. The fraction of sp³-hybridized carbons (Fsp3) is 0.0714. The van der Waals surface area contributed by atoms with Gasteiger partial charge in [0.05, 0.1) is 5.52 Å². The van der Waals surface area contributed by atoms with Gasteiger partial charge in [0.2, 0.25) is 0 Å². The zero-order valence-corrected chi connectivity index (χ0v) is 11.3. The number of nitrogens with zero attached hydrogens (tertiary/aromatic N) is 1. The molecule has 96 valence electrons. The lowest BCUT2D eigenvalue weighted by molar-refractivity contribution is 0.590. The van der Waals surface area contributed by atoms with Crippen molar-refractivity contribution in [1.82, 2.24) is 9.97 Å². The molecule has 0 spiro atoms. The predicted molar refractivity (Wildman–Crippen MR) is 73.0 cm³/mol. The van der Waals surface area contributed by atoms with E-state index in [9.17, 15) is 8.78 Å². The van der Waals surface area contributed by atoms with Crippen LogP contribution in [0.2, 0.25) is 0 Å². The Morgan fingerprint density at radius 3 is 2.58 bits per heavy atom. The van der Waals surface area contributed by atoms with Crippen LogP contribution in [0, 0.1) is 11.6 Å². The maximum atomic E-state index is 13.5. The van der Waals surface area contributed by atoms with Gasteiger partial charge in [-0.25, -0.2) is 13.8 Å². The molecule has 1 heterocycles. The number of aromatic nitrogens is 2. The van der Waals surface area contributed by atoms with Gasteiger partial charge < -0.3 is 4.98 Å². The molecular formula is C14H9BrF2N2. The van der Waals surface area contributed by atoms with Crippen LogP contribution in [0.1, 0.15) is 11.4 Å². The molecule has 3 aromatic rings. The number of halogens is 3. The highest BCUT2D eigenvalue weighted by Gasteiger charge is 2.10. The van der Waals surface area contributed by atoms with E-state index in [1.165, 1.54) is 6.07 Å². The SMILES string of the molecule is Fc1cc(F)c2nc(Cc3ccc(Br)cc3)[nH]c2c1. The van der Waals surface area contributed by atoms with E-state index >= 15 is 0 Å². The van der Waals surface area contributed by atoms with Gasteiger partial charge in [-0.3, -0.25) is 0 Å². The van der Waals surface area contributed by atoms with Crippen molar-refractivity contribution in [2.45, 2.75) is 6.42 Å². The molecular weight excluding hydrogens is 314 g/mol. The first kappa shape index (κ1) is 12.3. The summed E-state index contributed by atoms with van der Waals surface area (Å²) >= 11 is 3.36. The van der Waals surface area contributed by atoms with Crippen LogP contribution in [-0.4, -0.2) is 9.97 Å². The molecule has 0 aliphatic rings. The monoisotopic (exact) mass is 322 g/mol. The summed E-state index contributed by atoms with van der Waals surface area (Å²) in [5.74, 6) is -0.640. The fourth-order valence-electron chi connectivity index (χ4n) is 1.97. The Hall–Kier alpha value is -1.75. The van der Waals surface area contributed by atoms with Gasteiger partial charge in [0.15, 0.2) is 5.82 Å². The van der Waals surface area contributed by atoms with Gasteiger partial charge in [-0.2, -0.15) is 0 Å². The number of rotatable bonds is 2. The average molecular weight is 323 g/mol. The second-order valence-electron chi connectivity index (χ2n) is 4.27.